The molecule has 0 amide bonds. The summed E-state index contributed by atoms with van der Waals surface area (Å²) in [6, 6.07) is 0. The van der Waals surface area contributed by atoms with E-state index in [4.69, 9.17) is 9.84 Å². The summed E-state index contributed by atoms with van der Waals surface area (Å²) in [7, 11) is 0. The van der Waals surface area contributed by atoms with Gasteiger partial charge in [-0.05, 0) is 58.3 Å². The predicted molar refractivity (Wildman–Crippen MR) is 200 cm³/mol. The minimum atomic E-state index is -0.668. The number of esters is 1. The molecular formula is C42H80O4. The molecule has 0 fully saturated rings. The summed E-state index contributed by atoms with van der Waals surface area (Å²) in [4.78, 5) is 22.7. The van der Waals surface area contributed by atoms with Gasteiger partial charge in [-0.2, -0.15) is 0 Å². The minimum absolute atomic E-state index is 0.000978. The Kier molecular flexibility index (Phi) is 37.0. The van der Waals surface area contributed by atoms with E-state index in [9.17, 15) is 9.59 Å². The first kappa shape index (κ1) is 44.7. The summed E-state index contributed by atoms with van der Waals surface area (Å²) >= 11 is 0. The van der Waals surface area contributed by atoms with Crippen LogP contribution < -0.4 is 0 Å². The van der Waals surface area contributed by atoms with Crippen molar-refractivity contribution >= 4 is 11.9 Å². The molecule has 4 heteroatoms. The van der Waals surface area contributed by atoms with Crippen molar-refractivity contribution in [2.45, 2.75) is 245 Å². The maximum Gasteiger partial charge on any atom is 0.306 e. The van der Waals surface area contributed by atoms with Crippen LogP contribution in [0.15, 0.2) is 12.2 Å². The van der Waals surface area contributed by atoms with Gasteiger partial charge in [0.15, 0.2) is 0 Å². The SMILES string of the molecule is CCCCCCCC/C=C\CCCCCCCCCCCCCC(=O)OC(C)CCCCCCCCCCCCCCCC(=O)O. The maximum atomic E-state index is 12.2. The second-order valence-corrected chi connectivity index (χ2v) is 14.3. The zero-order valence-electron chi connectivity index (χ0n) is 31.2. The number of allylic oxidation sites excluding steroid dienone is 2. The second kappa shape index (κ2) is 38.1. The fourth-order valence-electron chi connectivity index (χ4n) is 6.40. The zero-order valence-corrected chi connectivity index (χ0v) is 31.2. The molecule has 0 heterocycles. The molecule has 0 bridgehead atoms. The van der Waals surface area contributed by atoms with Crippen molar-refractivity contribution in [2.24, 2.45) is 0 Å². The molecule has 0 radical (unpaired) electrons. The fraction of sp³-hybridized carbons (Fsp3) is 0.905. The van der Waals surface area contributed by atoms with Crippen molar-refractivity contribution in [3.05, 3.63) is 12.2 Å². The number of unbranched alkanes of at least 4 members (excludes halogenated alkanes) is 29. The first-order chi connectivity index (χ1) is 22.6. The Hall–Kier alpha value is -1.32. The number of hydrogen-bond donors (Lipinski definition) is 1. The topological polar surface area (TPSA) is 63.6 Å². The molecule has 0 aliphatic carbocycles. The van der Waals surface area contributed by atoms with Crippen LogP contribution in [0.4, 0.5) is 0 Å². The monoisotopic (exact) mass is 649 g/mol. The highest BCUT2D eigenvalue weighted by Crippen LogP contribution is 2.16. The van der Waals surface area contributed by atoms with Gasteiger partial charge in [0.25, 0.3) is 0 Å². The Balaban J connectivity index is 3.29. The second-order valence-electron chi connectivity index (χ2n) is 14.3. The van der Waals surface area contributed by atoms with Gasteiger partial charge in [-0.15, -0.1) is 0 Å². The van der Waals surface area contributed by atoms with Gasteiger partial charge in [0.05, 0.1) is 6.10 Å². The number of carboxylic acids is 1. The van der Waals surface area contributed by atoms with Crippen LogP contribution in [0.25, 0.3) is 0 Å². The van der Waals surface area contributed by atoms with E-state index in [2.05, 4.69) is 26.0 Å². The highest BCUT2D eigenvalue weighted by atomic mass is 16.5. The standard InChI is InChI=1S/C42H80O4/c1-3-4-5-6-7-8-9-10-11-12-13-14-15-16-17-21-24-27-30-33-36-39-42(45)46-40(2)37-34-31-28-25-22-19-18-20-23-26-29-32-35-38-41(43)44/h10-11,40H,3-9,12-39H2,1-2H3,(H,43,44)/b11-10-. The largest absolute Gasteiger partial charge is 0.481 e. The third kappa shape index (κ3) is 38.9. The molecule has 1 unspecified atom stereocenters. The Bertz CT molecular complexity index is 658. The van der Waals surface area contributed by atoms with E-state index in [-0.39, 0.29) is 12.1 Å². The van der Waals surface area contributed by atoms with E-state index in [0.29, 0.717) is 12.8 Å². The van der Waals surface area contributed by atoms with Crippen LogP contribution in [0, 0.1) is 0 Å². The van der Waals surface area contributed by atoms with Crippen molar-refractivity contribution in [1.29, 1.82) is 0 Å². The van der Waals surface area contributed by atoms with Gasteiger partial charge in [0, 0.05) is 12.8 Å². The number of hydrogen-bond acceptors (Lipinski definition) is 3. The van der Waals surface area contributed by atoms with Gasteiger partial charge in [0.2, 0.25) is 0 Å². The van der Waals surface area contributed by atoms with E-state index >= 15 is 0 Å². The van der Waals surface area contributed by atoms with Crippen LogP contribution in [0.5, 0.6) is 0 Å². The first-order valence-corrected chi connectivity index (χ1v) is 20.6. The maximum absolute atomic E-state index is 12.2. The van der Waals surface area contributed by atoms with Gasteiger partial charge in [-0.25, -0.2) is 0 Å². The molecule has 46 heavy (non-hydrogen) atoms. The molecule has 0 saturated heterocycles. The van der Waals surface area contributed by atoms with Crippen molar-refractivity contribution in [2.75, 3.05) is 0 Å². The van der Waals surface area contributed by atoms with Crippen molar-refractivity contribution in [3.63, 3.8) is 0 Å². The summed E-state index contributed by atoms with van der Waals surface area (Å²) in [5.41, 5.74) is 0. The van der Waals surface area contributed by atoms with Gasteiger partial charge in [-0.3, -0.25) is 9.59 Å². The molecule has 0 aromatic rings. The van der Waals surface area contributed by atoms with E-state index < -0.39 is 5.97 Å². The highest BCUT2D eigenvalue weighted by molar-refractivity contribution is 5.69. The molecule has 1 N–H and O–H groups in total. The summed E-state index contributed by atoms with van der Waals surface area (Å²) < 4.78 is 5.65. The number of carboxylic acid groups (broad SMARTS) is 1. The van der Waals surface area contributed by atoms with E-state index in [1.54, 1.807) is 0 Å². The van der Waals surface area contributed by atoms with Crippen LogP contribution in [0.3, 0.4) is 0 Å². The Morgan fingerprint density at radius 3 is 1.20 bits per heavy atom. The average molecular weight is 649 g/mol. The van der Waals surface area contributed by atoms with Crippen molar-refractivity contribution in [1.82, 2.24) is 0 Å². The van der Waals surface area contributed by atoms with Crippen LogP contribution in [0.1, 0.15) is 239 Å². The zero-order chi connectivity index (χ0) is 33.6. The van der Waals surface area contributed by atoms with Crippen LogP contribution >= 0.6 is 0 Å². The number of rotatable bonds is 38. The third-order valence-electron chi connectivity index (χ3n) is 9.48. The first-order valence-electron chi connectivity index (χ1n) is 20.6. The smallest absolute Gasteiger partial charge is 0.306 e. The van der Waals surface area contributed by atoms with Crippen LogP contribution in [0.2, 0.25) is 0 Å². The molecule has 0 saturated carbocycles. The van der Waals surface area contributed by atoms with E-state index in [1.807, 2.05) is 0 Å². The lowest BCUT2D eigenvalue weighted by atomic mass is 10.0. The summed E-state index contributed by atoms with van der Waals surface area (Å²) in [5.74, 6) is -0.667. The van der Waals surface area contributed by atoms with E-state index in [0.717, 1.165) is 38.5 Å². The van der Waals surface area contributed by atoms with Gasteiger partial charge < -0.3 is 9.84 Å². The quantitative estimate of drug-likeness (QED) is 0.0411. The van der Waals surface area contributed by atoms with Gasteiger partial charge in [0.1, 0.15) is 0 Å². The Morgan fingerprint density at radius 2 is 0.804 bits per heavy atom. The normalized spacial score (nSPS) is 12.2. The molecule has 0 aromatic carbocycles. The molecule has 4 nitrogen and oxygen atoms in total. The minimum Gasteiger partial charge on any atom is -0.481 e. The summed E-state index contributed by atoms with van der Waals surface area (Å²) in [6.45, 7) is 4.34. The molecule has 1 atom stereocenters. The lowest BCUT2D eigenvalue weighted by molar-refractivity contribution is -0.148. The molecular weight excluding hydrogens is 568 g/mol. The van der Waals surface area contributed by atoms with E-state index in [1.165, 1.54) is 173 Å². The summed E-state index contributed by atoms with van der Waals surface area (Å²) in [6.07, 6.45) is 48.0. The van der Waals surface area contributed by atoms with Gasteiger partial charge >= 0.3 is 11.9 Å². The highest BCUT2D eigenvalue weighted by Gasteiger charge is 2.09. The predicted octanol–water partition coefficient (Wildman–Crippen LogP) is 14.2. The van der Waals surface area contributed by atoms with Crippen LogP contribution in [-0.4, -0.2) is 23.1 Å². The Morgan fingerprint density at radius 1 is 0.478 bits per heavy atom. The molecule has 272 valence electrons. The molecule has 0 aliphatic rings. The average Bonchev–Trinajstić information content (AvgIpc) is 3.03. The number of ether oxygens (including phenoxy) is 1. The Labute approximate surface area is 287 Å². The van der Waals surface area contributed by atoms with Crippen molar-refractivity contribution < 1.29 is 19.4 Å². The molecule has 0 aromatic heterocycles. The molecule has 0 rings (SSSR count). The number of aliphatic carboxylic acids is 1. The fourth-order valence-corrected chi connectivity index (χ4v) is 6.40. The molecule has 0 aliphatic heterocycles. The third-order valence-corrected chi connectivity index (χ3v) is 9.48. The summed E-state index contributed by atoms with van der Waals surface area (Å²) in [5, 5.41) is 8.65. The lowest BCUT2D eigenvalue weighted by Crippen LogP contribution is -2.14. The van der Waals surface area contributed by atoms with Gasteiger partial charge in [-0.1, -0.05) is 180 Å². The van der Waals surface area contributed by atoms with Crippen molar-refractivity contribution in [3.8, 4) is 0 Å². The number of carbonyl (C=O) groups is 2. The molecule has 0 spiro atoms. The van der Waals surface area contributed by atoms with Crippen LogP contribution in [-0.2, 0) is 14.3 Å². The lowest BCUT2D eigenvalue weighted by Gasteiger charge is -2.13. The number of carbonyl (C=O) groups excluding carboxylic acids is 1.